The van der Waals surface area contributed by atoms with E-state index in [-0.39, 0.29) is 15.4 Å². The zero-order valence-corrected chi connectivity index (χ0v) is 19.2. The van der Waals surface area contributed by atoms with Gasteiger partial charge in [0.2, 0.25) is 6.33 Å². The van der Waals surface area contributed by atoms with E-state index in [4.69, 9.17) is 14.3 Å². The molecular weight excluding hydrogens is 440 g/mol. The van der Waals surface area contributed by atoms with E-state index in [1.807, 2.05) is 73.1 Å². The Bertz CT molecular complexity index is 1440. The Morgan fingerprint density at radius 3 is 1.91 bits per heavy atom. The molecule has 0 amide bonds. The van der Waals surface area contributed by atoms with E-state index < -0.39 is 0 Å². The van der Waals surface area contributed by atoms with Crippen LogP contribution in [-0.2, 0) is 13.1 Å². The average molecular weight is 465 g/mol. The summed E-state index contributed by atoms with van der Waals surface area (Å²) in [5.74, 6) is 1.35. The van der Waals surface area contributed by atoms with Crippen LogP contribution in [0.1, 0.15) is 11.1 Å². The molecular formula is C26H25B2N3O4+2. The summed E-state index contributed by atoms with van der Waals surface area (Å²) in [6.45, 7) is 1.24. The molecule has 0 aliphatic heterocycles. The summed E-state index contributed by atoms with van der Waals surface area (Å²) in [5.41, 5.74) is 5.21. The third-order valence-corrected chi connectivity index (χ3v) is 5.94. The number of rotatable bonds is 9. The van der Waals surface area contributed by atoms with Gasteiger partial charge in [0.05, 0.1) is 5.56 Å². The molecule has 9 heteroatoms. The minimum Gasteiger partial charge on any atom is -0.538 e. The summed E-state index contributed by atoms with van der Waals surface area (Å²) in [6, 6.07) is 27.9. The van der Waals surface area contributed by atoms with Crippen molar-refractivity contribution in [1.82, 2.24) is 4.57 Å². The van der Waals surface area contributed by atoms with Crippen molar-refractivity contribution in [3.05, 3.63) is 115 Å². The zero-order chi connectivity index (χ0) is 24.0. The lowest BCUT2D eigenvalue weighted by Crippen LogP contribution is -2.34. The van der Waals surface area contributed by atoms with E-state index in [0.717, 1.165) is 27.8 Å². The van der Waals surface area contributed by atoms with Crippen molar-refractivity contribution in [2.45, 2.75) is 13.1 Å². The molecule has 0 saturated carbocycles. The normalized spacial score (nSPS) is 10.8. The summed E-state index contributed by atoms with van der Waals surface area (Å²) in [5, 5.41) is 18.4. The number of benzene rings is 3. The van der Waals surface area contributed by atoms with Crippen molar-refractivity contribution >= 4 is 26.4 Å². The van der Waals surface area contributed by atoms with E-state index in [1.54, 1.807) is 0 Å². The first-order chi connectivity index (χ1) is 17.3. The fourth-order valence-corrected chi connectivity index (χ4v) is 4.29. The van der Waals surface area contributed by atoms with E-state index in [2.05, 4.69) is 44.3 Å². The molecule has 5 aromatic rings. The standard InChI is InChI=1S/C26H25B2N3O4/c32-27-34-25-11-5-1-7-20(25)17-29-15-13-22(14-16-29)31-19-30(23-9-3-4-10-24(23)31)18-21-8-2-6-12-26(21)35-28-33/h1-16,19,27-28,32-33H,17-18H2/q+2. The quantitative estimate of drug-likeness (QED) is 0.256. The third-order valence-electron chi connectivity index (χ3n) is 5.94. The first kappa shape index (κ1) is 22.7. The van der Waals surface area contributed by atoms with E-state index in [0.29, 0.717) is 24.6 Å². The Kier molecular flexibility index (Phi) is 6.79. The van der Waals surface area contributed by atoms with Gasteiger partial charge in [0.15, 0.2) is 30.0 Å². The maximum atomic E-state index is 9.24. The lowest BCUT2D eigenvalue weighted by atomic mass is 10.2. The predicted molar refractivity (Wildman–Crippen MR) is 135 cm³/mol. The monoisotopic (exact) mass is 465 g/mol. The van der Waals surface area contributed by atoms with Crippen LogP contribution in [0, 0.1) is 0 Å². The van der Waals surface area contributed by atoms with Crippen molar-refractivity contribution in [3.63, 3.8) is 0 Å². The van der Waals surface area contributed by atoms with E-state index in [1.165, 1.54) is 0 Å². The third kappa shape index (κ3) is 4.91. The van der Waals surface area contributed by atoms with E-state index in [9.17, 15) is 5.02 Å². The fourth-order valence-electron chi connectivity index (χ4n) is 4.29. The molecule has 172 valence electrons. The Labute approximate surface area is 204 Å². The summed E-state index contributed by atoms with van der Waals surface area (Å²) >= 11 is 0. The molecule has 5 rings (SSSR count). The number of hydrogen-bond acceptors (Lipinski definition) is 4. The van der Waals surface area contributed by atoms with Gasteiger partial charge in [-0.25, -0.2) is 9.13 Å². The largest absolute Gasteiger partial charge is 0.538 e. The predicted octanol–water partition coefficient (Wildman–Crippen LogP) is 1.58. The van der Waals surface area contributed by atoms with Crippen molar-refractivity contribution < 1.29 is 28.5 Å². The van der Waals surface area contributed by atoms with Gasteiger partial charge in [-0.05, 0) is 30.3 Å². The number of fused-ring (bicyclic) bond motifs is 1. The molecule has 0 fully saturated rings. The Hall–Kier alpha value is -4.07. The van der Waals surface area contributed by atoms with Crippen LogP contribution >= 0.6 is 0 Å². The molecule has 2 heterocycles. The zero-order valence-electron chi connectivity index (χ0n) is 19.2. The molecule has 0 aliphatic carbocycles. The number of hydrogen-bond donors (Lipinski definition) is 2. The van der Waals surface area contributed by atoms with Crippen molar-refractivity contribution in [1.29, 1.82) is 0 Å². The molecule has 0 unspecified atom stereocenters. The highest BCUT2D eigenvalue weighted by Gasteiger charge is 2.19. The van der Waals surface area contributed by atoms with Crippen LogP contribution in [-0.4, -0.2) is 30.0 Å². The van der Waals surface area contributed by atoms with Gasteiger partial charge in [0.1, 0.15) is 23.7 Å². The maximum absolute atomic E-state index is 9.24. The van der Waals surface area contributed by atoms with Gasteiger partial charge in [-0.3, -0.25) is 0 Å². The fraction of sp³-hybridized carbons (Fsp3) is 0.0769. The highest BCUT2D eigenvalue weighted by molar-refractivity contribution is 6.17. The van der Waals surface area contributed by atoms with Crippen LogP contribution in [0.5, 0.6) is 11.5 Å². The molecule has 0 spiro atoms. The first-order valence-electron chi connectivity index (χ1n) is 11.4. The van der Waals surface area contributed by atoms with Crippen LogP contribution in [0.2, 0.25) is 0 Å². The topological polar surface area (TPSA) is 71.6 Å². The van der Waals surface area contributed by atoms with Crippen LogP contribution < -0.4 is 18.4 Å². The van der Waals surface area contributed by atoms with Crippen molar-refractivity contribution in [3.8, 4) is 17.2 Å². The van der Waals surface area contributed by atoms with Crippen LogP contribution in [0.15, 0.2) is 104 Å². The SMILES string of the molecule is OBOc1ccccc1C[n+]1ccc(-n2c[n+](Cc3ccccc3OBO)c3ccccc32)cc1. The van der Waals surface area contributed by atoms with Gasteiger partial charge >= 0.3 is 15.4 Å². The smallest absolute Gasteiger partial charge is 0.504 e. The summed E-state index contributed by atoms with van der Waals surface area (Å²) in [4.78, 5) is 0. The second kappa shape index (κ2) is 10.5. The van der Waals surface area contributed by atoms with Crippen LogP contribution in [0.3, 0.4) is 0 Å². The number of imidazole rings is 1. The van der Waals surface area contributed by atoms with Gasteiger partial charge in [-0.2, -0.15) is 4.57 Å². The summed E-state index contributed by atoms with van der Waals surface area (Å²) in [7, 11) is -0.706. The van der Waals surface area contributed by atoms with Gasteiger partial charge in [0, 0.05) is 17.7 Å². The molecule has 0 atom stereocenters. The molecule has 0 bridgehead atoms. The van der Waals surface area contributed by atoms with Gasteiger partial charge in [-0.15, -0.1) is 0 Å². The van der Waals surface area contributed by atoms with Crippen molar-refractivity contribution in [2.75, 3.05) is 0 Å². The van der Waals surface area contributed by atoms with Gasteiger partial charge in [0.25, 0.3) is 0 Å². The molecule has 0 saturated heterocycles. The lowest BCUT2D eigenvalue weighted by Gasteiger charge is -2.07. The second-order valence-corrected chi connectivity index (χ2v) is 8.09. The maximum Gasteiger partial charge on any atom is 0.504 e. The lowest BCUT2D eigenvalue weighted by molar-refractivity contribution is -0.688. The molecule has 0 radical (unpaired) electrons. The number of pyridine rings is 1. The number of aromatic nitrogens is 3. The Balaban J connectivity index is 1.45. The molecule has 7 nitrogen and oxygen atoms in total. The molecule has 35 heavy (non-hydrogen) atoms. The molecule has 2 N–H and O–H groups in total. The summed E-state index contributed by atoms with van der Waals surface area (Å²) < 4.78 is 17.2. The van der Waals surface area contributed by atoms with Crippen LogP contribution in [0.25, 0.3) is 16.7 Å². The Morgan fingerprint density at radius 1 is 0.686 bits per heavy atom. The minimum atomic E-state index is -0.357. The summed E-state index contributed by atoms with van der Waals surface area (Å²) in [6.07, 6.45) is 6.16. The van der Waals surface area contributed by atoms with E-state index >= 15 is 0 Å². The number of para-hydroxylation sites is 4. The van der Waals surface area contributed by atoms with Crippen molar-refractivity contribution in [2.24, 2.45) is 0 Å². The average Bonchev–Trinajstić information content (AvgIpc) is 3.26. The molecule has 3 aromatic carbocycles. The first-order valence-corrected chi connectivity index (χ1v) is 11.4. The molecule has 0 aliphatic rings. The highest BCUT2D eigenvalue weighted by atomic mass is 16.5. The molecule has 2 aromatic heterocycles. The van der Waals surface area contributed by atoms with Crippen LogP contribution in [0.4, 0.5) is 0 Å². The Morgan fingerprint density at radius 2 is 1.26 bits per heavy atom. The van der Waals surface area contributed by atoms with Gasteiger partial charge < -0.3 is 19.4 Å². The second-order valence-electron chi connectivity index (χ2n) is 8.09. The van der Waals surface area contributed by atoms with Gasteiger partial charge in [-0.1, -0.05) is 42.5 Å². The highest BCUT2D eigenvalue weighted by Crippen LogP contribution is 2.21. The minimum absolute atomic E-state index is 0.349. The number of nitrogens with zero attached hydrogens (tertiary/aromatic N) is 3.